The molecule has 0 fully saturated rings. The Hall–Kier alpha value is -3.77. The lowest BCUT2D eigenvalue weighted by molar-refractivity contribution is 0.0666. The van der Waals surface area contributed by atoms with Gasteiger partial charge in [-0.05, 0) is 63.8 Å². The maximum absolute atomic E-state index is 13.8. The Morgan fingerprint density at radius 3 is 2.26 bits per heavy atom. The number of benzene rings is 3. The number of aryl methyl sites for hydroxylation is 1. The van der Waals surface area contributed by atoms with Crippen molar-refractivity contribution in [2.45, 2.75) is 19.9 Å². The zero-order valence-electron chi connectivity index (χ0n) is 20.1. The third-order valence-corrected chi connectivity index (χ3v) is 6.08. The Morgan fingerprint density at radius 2 is 1.56 bits per heavy atom. The standard InChI is InChI=1S/C28H30N4O2/c1-20-12-8-9-15-23(20)27(33)31(19-18-30(3)4)21(2)26-29-25-17-11-10-16-24(25)28(34)32(26)22-13-6-5-7-14-22/h5-17,21H,18-19H2,1-4H3. The summed E-state index contributed by atoms with van der Waals surface area (Å²) < 4.78 is 1.64. The second-order valence-corrected chi connectivity index (χ2v) is 8.76. The van der Waals surface area contributed by atoms with Crippen molar-refractivity contribution in [3.8, 4) is 5.69 Å². The molecule has 0 bridgehead atoms. The number of likely N-dealkylation sites (N-methyl/N-ethyl adjacent to an activating group) is 1. The van der Waals surface area contributed by atoms with Gasteiger partial charge in [-0.1, -0.05) is 48.5 Å². The van der Waals surface area contributed by atoms with E-state index in [9.17, 15) is 9.59 Å². The quantitative estimate of drug-likeness (QED) is 0.414. The minimum atomic E-state index is -0.440. The molecule has 1 aromatic heterocycles. The topological polar surface area (TPSA) is 58.4 Å². The Labute approximate surface area is 200 Å². The molecule has 174 valence electrons. The highest BCUT2D eigenvalue weighted by atomic mass is 16.2. The molecule has 6 nitrogen and oxygen atoms in total. The van der Waals surface area contributed by atoms with Crippen molar-refractivity contribution in [3.05, 3.63) is 106 Å². The lowest BCUT2D eigenvalue weighted by Crippen LogP contribution is -2.41. The fourth-order valence-electron chi connectivity index (χ4n) is 4.14. The Balaban J connectivity index is 1.90. The van der Waals surface area contributed by atoms with Crippen molar-refractivity contribution >= 4 is 16.8 Å². The summed E-state index contributed by atoms with van der Waals surface area (Å²) in [5, 5.41) is 0.548. The summed E-state index contributed by atoms with van der Waals surface area (Å²) in [5.41, 5.74) is 2.78. The maximum atomic E-state index is 13.8. The van der Waals surface area contributed by atoms with Crippen molar-refractivity contribution < 1.29 is 4.79 Å². The first-order valence-electron chi connectivity index (χ1n) is 11.5. The summed E-state index contributed by atoms with van der Waals surface area (Å²) in [6.45, 7) is 5.07. The molecular formula is C28H30N4O2. The van der Waals surface area contributed by atoms with E-state index in [1.165, 1.54) is 0 Å². The summed E-state index contributed by atoms with van der Waals surface area (Å²) in [6, 6.07) is 24.0. The fourth-order valence-corrected chi connectivity index (χ4v) is 4.14. The summed E-state index contributed by atoms with van der Waals surface area (Å²) in [7, 11) is 3.96. The lowest BCUT2D eigenvalue weighted by Gasteiger charge is -2.32. The van der Waals surface area contributed by atoms with Crippen LogP contribution >= 0.6 is 0 Å². The van der Waals surface area contributed by atoms with Gasteiger partial charge in [-0.2, -0.15) is 0 Å². The van der Waals surface area contributed by atoms with Crippen LogP contribution in [0.15, 0.2) is 83.7 Å². The summed E-state index contributed by atoms with van der Waals surface area (Å²) in [4.78, 5) is 36.2. The van der Waals surface area contributed by atoms with E-state index in [1.807, 2.05) is 111 Å². The first kappa shape index (κ1) is 23.4. The van der Waals surface area contributed by atoms with Crippen molar-refractivity contribution in [2.75, 3.05) is 27.2 Å². The number of carbonyl (C=O) groups excluding carboxylic acids is 1. The van der Waals surface area contributed by atoms with Crippen LogP contribution in [0.5, 0.6) is 0 Å². The van der Waals surface area contributed by atoms with Gasteiger partial charge in [-0.25, -0.2) is 4.98 Å². The molecule has 3 aromatic carbocycles. The van der Waals surface area contributed by atoms with Crippen LogP contribution in [-0.2, 0) is 0 Å². The number of para-hydroxylation sites is 2. The van der Waals surface area contributed by atoms with Crippen molar-refractivity contribution in [1.82, 2.24) is 19.4 Å². The van der Waals surface area contributed by atoms with E-state index in [0.29, 0.717) is 35.4 Å². The zero-order chi connectivity index (χ0) is 24.2. The third-order valence-electron chi connectivity index (χ3n) is 6.08. The second kappa shape index (κ2) is 10.0. The average Bonchev–Trinajstić information content (AvgIpc) is 2.84. The van der Waals surface area contributed by atoms with Crippen LogP contribution in [0, 0.1) is 6.92 Å². The van der Waals surface area contributed by atoms with Crippen LogP contribution in [-0.4, -0.2) is 52.4 Å². The van der Waals surface area contributed by atoms with Gasteiger partial charge in [0.1, 0.15) is 5.82 Å². The molecule has 0 aliphatic heterocycles. The van der Waals surface area contributed by atoms with Crippen LogP contribution in [0.3, 0.4) is 0 Å². The molecule has 0 spiro atoms. The second-order valence-electron chi connectivity index (χ2n) is 8.76. The van der Waals surface area contributed by atoms with Gasteiger partial charge in [0.2, 0.25) is 0 Å². The van der Waals surface area contributed by atoms with Crippen molar-refractivity contribution in [3.63, 3.8) is 0 Å². The molecule has 0 radical (unpaired) electrons. The normalized spacial score (nSPS) is 12.1. The molecule has 0 aliphatic carbocycles. The molecule has 1 amide bonds. The number of hydrogen-bond acceptors (Lipinski definition) is 4. The van der Waals surface area contributed by atoms with Gasteiger partial charge >= 0.3 is 0 Å². The molecule has 1 atom stereocenters. The lowest BCUT2D eigenvalue weighted by atomic mass is 10.1. The first-order chi connectivity index (χ1) is 16.4. The van der Waals surface area contributed by atoms with E-state index in [-0.39, 0.29) is 11.5 Å². The number of aromatic nitrogens is 2. The van der Waals surface area contributed by atoms with Gasteiger partial charge in [0.15, 0.2) is 0 Å². The fraction of sp³-hybridized carbons (Fsp3) is 0.250. The van der Waals surface area contributed by atoms with Gasteiger partial charge in [0.05, 0.1) is 22.6 Å². The van der Waals surface area contributed by atoms with Gasteiger partial charge in [-0.15, -0.1) is 0 Å². The van der Waals surface area contributed by atoms with Gasteiger partial charge in [0.25, 0.3) is 11.5 Å². The SMILES string of the molecule is Cc1ccccc1C(=O)N(CCN(C)C)C(C)c1nc2ccccc2c(=O)n1-c1ccccc1. The molecule has 0 saturated heterocycles. The van der Waals surface area contributed by atoms with E-state index in [1.54, 1.807) is 10.6 Å². The average molecular weight is 455 g/mol. The predicted octanol–water partition coefficient (Wildman–Crippen LogP) is 4.46. The van der Waals surface area contributed by atoms with Crippen LogP contribution in [0.1, 0.15) is 34.7 Å². The van der Waals surface area contributed by atoms with Crippen LogP contribution < -0.4 is 5.56 Å². The van der Waals surface area contributed by atoms with E-state index >= 15 is 0 Å². The molecule has 0 N–H and O–H groups in total. The summed E-state index contributed by atoms with van der Waals surface area (Å²) in [5.74, 6) is 0.463. The molecule has 0 saturated carbocycles. The predicted molar refractivity (Wildman–Crippen MR) is 137 cm³/mol. The number of fused-ring (bicyclic) bond motifs is 1. The van der Waals surface area contributed by atoms with Crippen molar-refractivity contribution in [1.29, 1.82) is 0 Å². The highest BCUT2D eigenvalue weighted by Crippen LogP contribution is 2.25. The molecule has 1 unspecified atom stereocenters. The van der Waals surface area contributed by atoms with E-state index in [2.05, 4.69) is 0 Å². The van der Waals surface area contributed by atoms with Gasteiger partial charge < -0.3 is 9.80 Å². The highest BCUT2D eigenvalue weighted by molar-refractivity contribution is 5.96. The minimum absolute atomic E-state index is 0.0746. The molecule has 0 aliphatic rings. The summed E-state index contributed by atoms with van der Waals surface area (Å²) in [6.07, 6.45) is 0. The minimum Gasteiger partial charge on any atom is -0.327 e. The first-order valence-corrected chi connectivity index (χ1v) is 11.5. The van der Waals surface area contributed by atoms with E-state index in [0.717, 1.165) is 11.3 Å². The Bertz CT molecular complexity index is 1360. The van der Waals surface area contributed by atoms with Crippen molar-refractivity contribution in [2.24, 2.45) is 0 Å². The Morgan fingerprint density at radius 1 is 0.912 bits per heavy atom. The number of rotatable bonds is 7. The monoisotopic (exact) mass is 454 g/mol. The van der Waals surface area contributed by atoms with Gasteiger partial charge in [0, 0.05) is 18.7 Å². The number of amides is 1. The van der Waals surface area contributed by atoms with Crippen LogP contribution in [0.4, 0.5) is 0 Å². The van der Waals surface area contributed by atoms with Crippen LogP contribution in [0.2, 0.25) is 0 Å². The van der Waals surface area contributed by atoms with E-state index in [4.69, 9.17) is 4.98 Å². The number of nitrogens with zero attached hydrogens (tertiary/aromatic N) is 4. The molecule has 4 rings (SSSR count). The highest BCUT2D eigenvalue weighted by Gasteiger charge is 2.28. The molecule has 34 heavy (non-hydrogen) atoms. The summed E-state index contributed by atoms with van der Waals surface area (Å²) >= 11 is 0. The maximum Gasteiger partial charge on any atom is 0.266 e. The number of carbonyl (C=O) groups is 1. The van der Waals surface area contributed by atoms with E-state index < -0.39 is 6.04 Å². The van der Waals surface area contributed by atoms with Crippen LogP contribution in [0.25, 0.3) is 16.6 Å². The Kier molecular flexibility index (Phi) is 6.89. The molecule has 1 heterocycles. The smallest absolute Gasteiger partial charge is 0.266 e. The zero-order valence-corrected chi connectivity index (χ0v) is 20.1. The molecule has 4 aromatic rings. The third kappa shape index (κ3) is 4.63. The molecular weight excluding hydrogens is 424 g/mol. The van der Waals surface area contributed by atoms with Gasteiger partial charge in [-0.3, -0.25) is 14.2 Å². The largest absolute Gasteiger partial charge is 0.327 e. The number of hydrogen-bond donors (Lipinski definition) is 0. The molecule has 6 heteroatoms.